The number of hydrogen-bond acceptors (Lipinski definition) is 3. The molecule has 1 heterocycles. The summed E-state index contributed by atoms with van der Waals surface area (Å²) < 4.78 is 5.32. The lowest BCUT2D eigenvalue weighted by atomic mass is 9.74. The van der Waals surface area contributed by atoms with Gasteiger partial charge in [0.25, 0.3) is 0 Å². The monoisotopic (exact) mass is 301 g/mol. The summed E-state index contributed by atoms with van der Waals surface area (Å²) in [4.78, 5) is 12.5. The third-order valence-corrected chi connectivity index (χ3v) is 4.39. The lowest BCUT2D eigenvalue weighted by Gasteiger charge is -2.34. The van der Waals surface area contributed by atoms with Gasteiger partial charge in [-0.15, -0.1) is 0 Å². The van der Waals surface area contributed by atoms with Gasteiger partial charge in [-0.1, -0.05) is 29.3 Å². The molecule has 0 aliphatic carbocycles. The van der Waals surface area contributed by atoms with Gasteiger partial charge in [0.15, 0.2) is 0 Å². The minimum Gasteiger partial charge on any atom is -0.381 e. The number of rotatable bonds is 4. The zero-order valence-corrected chi connectivity index (χ0v) is 12.1. The Morgan fingerprint density at radius 3 is 2.58 bits per heavy atom. The van der Waals surface area contributed by atoms with E-state index in [1.165, 1.54) is 0 Å². The predicted octanol–water partition coefficient (Wildman–Crippen LogP) is 2.86. The molecule has 0 saturated carbocycles. The number of hydrogen-bond donors (Lipinski definition) is 1. The van der Waals surface area contributed by atoms with Crippen LogP contribution in [-0.4, -0.2) is 25.5 Å². The quantitative estimate of drug-likeness (QED) is 0.930. The largest absolute Gasteiger partial charge is 0.381 e. The van der Waals surface area contributed by atoms with Gasteiger partial charge < -0.3 is 10.5 Å². The van der Waals surface area contributed by atoms with Crippen LogP contribution in [0.2, 0.25) is 10.0 Å². The van der Waals surface area contributed by atoms with Crippen LogP contribution in [0, 0.1) is 5.41 Å². The predicted molar refractivity (Wildman–Crippen MR) is 76.7 cm³/mol. The summed E-state index contributed by atoms with van der Waals surface area (Å²) in [6, 6.07) is 5.20. The van der Waals surface area contributed by atoms with Crippen LogP contribution >= 0.6 is 23.2 Å². The number of carbonyl (C=O) groups is 1. The highest BCUT2D eigenvalue weighted by Gasteiger charge is 2.38. The lowest BCUT2D eigenvalue weighted by molar-refractivity contribution is -0.132. The van der Waals surface area contributed by atoms with E-state index in [0.717, 1.165) is 5.56 Å². The van der Waals surface area contributed by atoms with Crippen LogP contribution < -0.4 is 5.73 Å². The number of ether oxygens (including phenoxy) is 1. The lowest BCUT2D eigenvalue weighted by Crippen LogP contribution is -2.44. The van der Waals surface area contributed by atoms with Crippen molar-refractivity contribution in [3.05, 3.63) is 33.8 Å². The molecular weight excluding hydrogens is 285 g/mol. The molecule has 1 saturated heterocycles. The molecule has 1 aromatic carbocycles. The topological polar surface area (TPSA) is 52.3 Å². The normalized spacial score (nSPS) is 18.3. The molecule has 0 aromatic heterocycles. The van der Waals surface area contributed by atoms with Crippen molar-refractivity contribution in [2.45, 2.75) is 19.3 Å². The molecule has 3 nitrogen and oxygen atoms in total. The Morgan fingerprint density at radius 1 is 1.32 bits per heavy atom. The molecule has 1 fully saturated rings. The van der Waals surface area contributed by atoms with Crippen molar-refractivity contribution in [3.8, 4) is 0 Å². The summed E-state index contributed by atoms with van der Waals surface area (Å²) in [6.45, 7) is 1.55. The number of Topliss-reactive ketones (excluding diaryl/α,β-unsaturated/α-hetero) is 1. The molecule has 2 N–H and O–H groups in total. The smallest absolute Gasteiger partial charge is 0.144 e. The Labute approximate surface area is 123 Å². The van der Waals surface area contributed by atoms with Crippen molar-refractivity contribution >= 4 is 29.0 Å². The second-order valence-electron chi connectivity index (χ2n) is 4.93. The molecule has 19 heavy (non-hydrogen) atoms. The average Bonchev–Trinajstić information content (AvgIpc) is 2.42. The van der Waals surface area contributed by atoms with Crippen molar-refractivity contribution in [2.75, 3.05) is 19.8 Å². The van der Waals surface area contributed by atoms with Crippen LogP contribution in [0.5, 0.6) is 0 Å². The highest BCUT2D eigenvalue weighted by molar-refractivity contribution is 6.35. The van der Waals surface area contributed by atoms with Gasteiger partial charge in [0, 0.05) is 41.6 Å². The number of nitrogens with two attached hydrogens (primary N) is 1. The van der Waals surface area contributed by atoms with Crippen LogP contribution in [0.3, 0.4) is 0 Å². The van der Waals surface area contributed by atoms with E-state index < -0.39 is 5.41 Å². The van der Waals surface area contributed by atoms with Crippen molar-refractivity contribution in [1.82, 2.24) is 0 Å². The number of benzene rings is 1. The molecule has 5 heteroatoms. The van der Waals surface area contributed by atoms with E-state index >= 15 is 0 Å². The molecule has 2 rings (SSSR count). The SMILES string of the molecule is NCC1(C(=O)Cc2ccc(Cl)cc2Cl)CCOCC1. The first-order valence-corrected chi connectivity index (χ1v) is 7.08. The molecule has 0 bridgehead atoms. The summed E-state index contributed by atoms with van der Waals surface area (Å²) in [5, 5.41) is 1.10. The number of carbonyl (C=O) groups excluding carboxylic acids is 1. The van der Waals surface area contributed by atoms with E-state index in [9.17, 15) is 4.79 Å². The highest BCUT2D eigenvalue weighted by Crippen LogP contribution is 2.33. The molecular formula is C14H17Cl2NO2. The Hall–Kier alpha value is -0.610. The molecule has 0 unspecified atom stereocenters. The van der Waals surface area contributed by atoms with Gasteiger partial charge in [0.2, 0.25) is 0 Å². The summed E-state index contributed by atoms with van der Waals surface area (Å²) in [5.41, 5.74) is 6.17. The molecule has 0 atom stereocenters. The zero-order valence-electron chi connectivity index (χ0n) is 10.6. The Morgan fingerprint density at radius 2 is 2.00 bits per heavy atom. The average molecular weight is 302 g/mol. The first-order valence-electron chi connectivity index (χ1n) is 6.32. The van der Waals surface area contributed by atoms with Crippen LogP contribution in [-0.2, 0) is 16.0 Å². The first kappa shape index (κ1) is 14.8. The Kier molecular flexibility index (Phi) is 4.85. The second kappa shape index (κ2) is 6.23. The maximum Gasteiger partial charge on any atom is 0.144 e. The fourth-order valence-electron chi connectivity index (χ4n) is 2.38. The summed E-state index contributed by atoms with van der Waals surface area (Å²) in [6.07, 6.45) is 1.67. The van der Waals surface area contributed by atoms with E-state index in [1.807, 2.05) is 0 Å². The zero-order chi connectivity index (χ0) is 13.9. The van der Waals surface area contributed by atoms with Crippen molar-refractivity contribution < 1.29 is 9.53 Å². The minimum atomic E-state index is -0.457. The summed E-state index contributed by atoms with van der Waals surface area (Å²) in [5.74, 6) is 0.141. The molecule has 1 aliphatic rings. The molecule has 1 aromatic rings. The number of ketones is 1. The maximum atomic E-state index is 12.5. The van der Waals surface area contributed by atoms with Gasteiger partial charge in [-0.05, 0) is 30.5 Å². The van der Waals surface area contributed by atoms with Crippen LogP contribution in [0.25, 0.3) is 0 Å². The van der Waals surface area contributed by atoms with Gasteiger partial charge in [0.05, 0.1) is 0 Å². The molecule has 0 spiro atoms. The van der Waals surface area contributed by atoms with E-state index in [4.69, 9.17) is 33.7 Å². The van der Waals surface area contributed by atoms with Gasteiger partial charge in [-0.3, -0.25) is 4.79 Å². The van der Waals surface area contributed by atoms with E-state index in [0.29, 0.717) is 49.1 Å². The molecule has 0 amide bonds. The summed E-state index contributed by atoms with van der Waals surface area (Å²) >= 11 is 12.0. The van der Waals surface area contributed by atoms with E-state index in [2.05, 4.69) is 0 Å². The van der Waals surface area contributed by atoms with Gasteiger partial charge >= 0.3 is 0 Å². The van der Waals surface area contributed by atoms with E-state index in [1.54, 1.807) is 18.2 Å². The van der Waals surface area contributed by atoms with Gasteiger partial charge in [-0.25, -0.2) is 0 Å². The first-order chi connectivity index (χ1) is 9.07. The standard InChI is InChI=1S/C14H17Cl2NO2/c15-11-2-1-10(12(16)8-11)7-13(18)14(9-17)3-5-19-6-4-14/h1-2,8H,3-7,9,17H2. The third kappa shape index (κ3) is 3.29. The summed E-state index contributed by atoms with van der Waals surface area (Å²) in [7, 11) is 0. The van der Waals surface area contributed by atoms with Gasteiger partial charge in [0.1, 0.15) is 5.78 Å². The van der Waals surface area contributed by atoms with E-state index in [-0.39, 0.29) is 5.78 Å². The van der Waals surface area contributed by atoms with Crippen LogP contribution in [0.15, 0.2) is 18.2 Å². The fraction of sp³-hybridized carbons (Fsp3) is 0.500. The number of halogens is 2. The molecule has 0 radical (unpaired) electrons. The minimum absolute atomic E-state index is 0.141. The van der Waals surface area contributed by atoms with Crippen molar-refractivity contribution in [2.24, 2.45) is 11.1 Å². The van der Waals surface area contributed by atoms with Crippen molar-refractivity contribution in [1.29, 1.82) is 0 Å². The molecule has 104 valence electrons. The third-order valence-electron chi connectivity index (χ3n) is 3.80. The fourth-order valence-corrected chi connectivity index (χ4v) is 2.86. The van der Waals surface area contributed by atoms with Crippen LogP contribution in [0.4, 0.5) is 0 Å². The molecule has 1 aliphatic heterocycles. The van der Waals surface area contributed by atoms with Crippen LogP contribution in [0.1, 0.15) is 18.4 Å². The second-order valence-corrected chi connectivity index (χ2v) is 5.78. The van der Waals surface area contributed by atoms with Gasteiger partial charge in [-0.2, -0.15) is 0 Å². The Bertz CT molecular complexity index is 471. The maximum absolute atomic E-state index is 12.5. The van der Waals surface area contributed by atoms with Crippen molar-refractivity contribution in [3.63, 3.8) is 0 Å². The highest BCUT2D eigenvalue weighted by atomic mass is 35.5. The Balaban J connectivity index is 2.15.